The second-order valence-corrected chi connectivity index (χ2v) is 11.7. The molecule has 0 aromatic heterocycles. The Balaban J connectivity index is 4.62. The molecule has 0 radical (unpaired) electrons. The van der Waals surface area contributed by atoms with E-state index >= 15 is 0 Å². The highest BCUT2D eigenvalue weighted by Gasteiger charge is 2.26. The molecule has 1 N–H and O–H groups in total. The molecule has 3 heteroatoms. The number of allylic oxidation sites excluding steroid dienone is 19. The van der Waals surface area contributed by atoms with Crippen molar-refractivity contribution in [1.82, 2.24) is 0 Å². The van der Waals surface area contributed by atoms with Crippen LogP contribution >= 0.6 is 0 Å². The van der Waals surface area contributed by atoms with E-state index in [4.69, 9.17) is 4.74 Å². The fourth-order valence-corrected chi connectivity index (χ4v) is 5.04. The van der Waals surface area contributed by atoms with E-state index in [2.05, 4.69) is 98.9 Å². The quantitative estimate of drug-likeness (QED) is 0.0353. The third-order valence-corrected chi connectivity index (χ3v) is 7.64. The van der Waals surface area contributed by atoms with Crippen molar-refractivity contribution in [2.75, 3.05) is 6.61 Å². The van der Waals surface area contributed by atoms with Crippen molar-refractivity contribution in [3.05, 3.63) is 122 Å². The van der Waals surface area contributed by atoms with Crippen molar-refractivity contribution in [2.24, 2.45) is 5.92 Å². The minimum Gasteiger partial charge on any atom is -0.390 e. The second kappa shape index (κ2) is 37.4. The SMILES string of the molecule is CCC=CCC=CCC=CCC=CCC=CCC=CCC(OCC)C(O)C(CCCC=CC=CC=CC=CCC=O)CCCCCC. The third kappa shape index (κ3) is 31.4. The van der Waals surface area contributed by atoms with Crippen LogP contribution < -0.4 is 0 Å². The first-order chi connectivity index (χ1) is 23.2. The zero-order chi connectivity index (χ0) is 34.3. The molecule has 0 aliphatic heterocycles. The van der Waals surface area contributed by atoms with E-state index < -0.39 is 6.10 Å². The van der Waals surface area contributed by atoms with Crippen molar-refractivity contribution in [3.8, 4) is 0 Å². The number of hydrogen-bond acceptors (Lipinski definition) is 3. The van der Waals surface area contributed by atoms with Crippen LogP contribution in [-0.2, 0) is 9.53 Å². The summed E-state index contributed by atoms with van der Waals surface area (Å²) in [7, 11) is 0. The fraction of sp³-hybridized carbons (Fsp3) is 0.523. The van der Waals surface area contributed by atoms with Gasteiger partial charge in [-0.2, -0.15) is 0 Å². The number of hydrogen-bond donors (Lipinski definition) is 1. The van der Waals surface area contributed by atoms with Gasteiger partial charge in [-0.3, -0.25) is 0 Å². The van der Waals surface area contributed by atoms with Crippen LogP contribution in [0.3, 0.4) is 0 Å². The number of carbonyl (C=O) groups excluding carboxylic acids is 1. The molecule has 3 atom stereocenters. The number of aldehydes is 1. The Morgan fingerprint density at radius 1 is 0.532 bits per heavy atom. The Hall–Kier alpha value is -3.01. The number of aliphatic hydroxyl groups excluding tert-OH is 1. The van der Waals surface area contributed by atoms with Crippen molar-refractivity contribution in [1.29, 1.82) is 0 Å². The number of rotatable bonds is 31. The van der Waals surface area contributed by atoms with Crippen LogP contribution in [0.5, 0.6) is 0 Å². The van der Waals surface area contributed by atoms with Gasteiger partial charge in [0.2, 0.25) is 0 Å². The maximum atomic E-state index is 11.4. The predicted molar refractivity (Wildman–Crippen MR) is 208 cm³/mol. The second-order valence-electron chi connectivity index (χ2n) is 11.7. The standard InChI is InChI=1S/C44H68O3/c1-4-7-9-11-12-13-14-15-16-17-18-19-20-23-26-29-32-36-40-43(47-6-3)44(46)42(38-34-10-8-5-2)39-35-31-28-25-22-21-24-27-30-33-37-41-45/h7,9,12-13,15-16,18-19,21-28,30,32-33,36,41-44,46H,4-6,8,10-11,14,17,20,29,31,34-35,37-40H2,1-3H3. The van der Waals surface area contributed by atoms with E-state index in [-0.39, 0.29) is 12.0 Å². The lowest BCUT2D eigenvalue weighted by Crippen LogP contribution is -2.35. The van der Waals surface area contributed by atoms with E-state index in [9.17, 15) is 9.90 Å². The topological polar surface area (TPSA) is 46.5 Å². The van der Waals surface area contributed by atoms with Gasteiger partial charge in [-0.15, -0.1) is 0 Å². The van der Waals surface area contributed by atoms with Crippen molar-refractivity contribution in [2.45, 2.75) is 136 Å². The highest BCUT2D eigenvalue weighted by molar-refractivity contribution is 5.52. The Labute approximate surface area is 290 Å². The average Bonchev–Trinajstić information content (AvgIpc) is 3.08. The largest absolute Gasteiger partial charge is 0.390 e. The van der Waals surface area contributed by atoms with Crippen LogP contribution in [0.2, 0.25) is 0 Å². The van der Waals surface area contributed by atoms with E-state index in [1.807, 2.05) is 43.4 Å². The zero-order valence-electron chi connectivity index (χ0n) is 30.1. The summed E-state index contributed by atoms with van der Waals surface area (Å²) >= 11 is 0. The first-order valence-corrected chi connectivity index (χ1v) is 18.5. The van der Waals surface area contributed by atoms with Crippen LogP contribution in [0.25, 0.3) is 0 Å². The van der Waals surface area contributed by atoms with E-state index in [1.165, 1.54) is 25.7 Å². The first-order valence-electron chi connectivity index (χ1n) is 18.5. The molecule has 0 saturated carbocycles. The number of aliphatic hydroxyl groups is 1. The molecule has 0 rings (SSSR count). The van der Waals surface area contributed by atoms with Crippen LogP contribution in [0.1, 0.15) is 124 Å². The first kappa shape index (κ1) is 44.0. The smallest absolute Gasteiger partial charge is 0.123 e. The number of ether oxygens (including phenoxy) is 1. The summed E-state index contributed by atoms with van der Waals surface area (Å²) in [5.41, 5.74) is 0. The van der Waals surface area contributed by atoms with Gasteiger partial charge in [-0.25, -0.2) is 0 Å². The van der Waals surface area contributed by atoms with E-state index in [0.29, 0.717) is 13.0 Å². The summed E-state index contributed by atoms with van der Waals surface area (Å²) in [4.78, 5) is 10.3. The minimum atomic E-state index is -0.448. The van der Waals surface area contributed by atoms with Crippen molar-refractivity contribution < 1.29 is 14.6 Å². The molecule has 262 valence electrons. The van der Waals surface area contributed by atoms with Gasteiger partial charge in [0.25, 0.3) is 0 Å². The molecule has 0 spiro atoms. The van der Waals surface area contributed by atoms with Crippen LogP contribution in [0.15, 0.2) is 122 Å². The summed E-state index contributed by atoms with van der Waals surface area (Å²) in [6.07, 6.45) is 58.9. The summed E-state index contributed by atoms with van der Waals surface area (Å²) < 4.78 is 6.07. The van der Waals surface area contributed by atoms with Gasteiger partial charge in [0, 0.05) is 13.0 Å². The highest BCUT2D eigenvalue weighted by Crippen LogP contribution is 2.26. The summed E-state index contributed by atoms with van der Waals surface area (Å²) in [5, 5.41) is 11.4. The maximum Gasteiger partial charge on any atom is 0.123 e. The highest BCUT2D eigenvalue weighted by atomic mass is 16.5. The Bertz CT molecular complexity index is 986. The predicted octanol–water partition coefficient (Wildman–Crippen LogP) is 12.4. The lowest BCUT2D eigenvalue weighted by atomic mass is 9.86. The summed E-state index contributed by atoms with van der Waals surface area (Å²) in [5.74, 6) is 0.257. The van der Waals surface area contributed by atoms with Gasteiger partial charge in [0.1, 0.15) is 6.29 Å². The third-order valence-electron chi connectivity index (χ3n) is 7.64. The normalized spacial score (nSPS) is 15.3. The number of carbonyl (C=O) groups is 1. The molecular formula is C44H68O3. The van der Waals surface area contributed by atoms with Crippen LogP contribution in [0, 0.1) is 5.92 Å². The molecule has 0 aromatic rings. The molecule has 0 fully saturated rings. The molecule has 0 aromatic carbocycles. The molecule has 0 bridgehead atoms. The van der Waals surface area contributed by atoms with Gasteiger partial charge in [0.05, 0.1) is 12.2 Å². The van der Waals surface area contributed by atoms with Gasteiger partial charge in [-0.05, 0) is 83.5 Å². The van der Waals surface area contributed by atoms with Crippen LogP contribution in [0.4, 0.5) is 0 Å². The molecule has 0 aliphatic rings. The van der Waals surface area contributed by atoms with Gasteiger partial charge in [0.15, 0.2) is 0 Å². The maximum absolute atomic E-state index is 11.4. The Morgan fingerprint density at radius 2 is 1.04 bits per heavy atom. The van der Waals surface area contributed by atoms with Gasteiger partial charge in [-0.1, -0.05) is 161 Å². The number of unbranched alkanes of at least 4 members (excludes halogenated alkanes) is 4. The summed E-state index contributed by atoms with van der Waals surface area (Å²) in [6, 6.07) is 0. The Morgan fingerprint density at radius 3 is 1.57 bits per heavy atom. The molecule has 47 heavy (non-hydrogen) atoms. The minimum absolute atomic E-state index is 0.161. The van der Waals surface area contributed by atoms with Gasteiger partial charge >= 0.3 is 0 Å². The lowest BCUT2D eigenvalue weighted by molar-refractivity contribution is -0.107. The van der Waals surface area contributed by atoms with E-state index in [0.717, 1.165) is 76.9 Å². The zero-order valence-corrected chi connectivity index (χ0v) is 30.1. The molecule has 0 amide bonds. The van der Waals surface area contributed by atoms with Crippen molar-refractivity contribution >= 4 is 6.29 Å². The molecule has 3 nitrogen and oxygen atoms in total. The average molecular weight is 645 g/mol. The molecule has 0 heterocycles. The van der Waals surface area contributed by atoms with Crippen molar-refractivity contribution in [3.63, 3.8) is 0 Å². The molecular weight excluding hydrogens is 576 g/mol. The van der Waals surface area contributed by atoms with E-state index in [1.54, 1.807) is 0 Å². The van der Waals surface area contributed by atoms with Crippen LogP contribution in [-0.4, -0.2) is 30.2 Å². The Kier molecular flexibility index (Phi) is 35.0. The fourth-order valence-electron chi connectivity index (χ4n) is 5.04. The monoisotopic (exact) mass is 645 g/mol. The van der Waals surface area contributed by atoms with Gasteiger partial charge < -0.3 is 14.6 Å². The lowest BCUT2D eigenvalue weighted by Gasteiger charge is -2.29. The summed E-state index contributed by atoms with van der Waals surface area (Å²) in [6.45, 7) is 7.03. The molecule has 0 saturated heterocycles. The molecule has 0 aliphatic carbocycles. The molecule has 3 unspecified atom stereocenters.